The summed E-state index contributed by atoms with van der Waals surface area (Å²) in [5.74, 6) is -1.71. The fourth-order valence-electron chi connectivity index (χ4n) is 4.05. The second-order valence-corrected chi connectivity index (χ2v) is 9.87. The first-order valence-electron chi connectivity index (χ1n) is 11.1. The number of carbonyl (C=O) groups excluding carboxylic acids is 1. The van der Waals surface area contributed by atoms with Crippen LogP contribution in [-0.2, 0) is 32.6 Å². The van der Waals surface area contributed by atoms with Gasteiger partial charge in [0, 0.05) is 12.6 Å². The van der Waals surface area contributed by atoms with E-state index < -0.39 is 34.0 Å². The van der Waals surface area contributed by atoms with Crippen molar-refractivity contribution >= 4 is 21.9 Å². The fraction of sp³-hybridized carbons (Fsp3) is 0.417. The minimum Gasteiger partial charge on any atom is -0.493 e. The summed E-state index contributed by atoms with van der Waals surface area (Å²) >= 11 is 0. The Kier molecular flexibility index (Phi) is 8.16. The van der Waals surface area contributed by atoms with Crippen LogP contribution in [0.2, 0.25) is 0 Å². The van der Waals surface area contributed by atoms with E-state index >= 15 is 0 Å². The molecule has 1 aliphatic heterocycles. The molecule has 0 aliphatic carbocycles. The number of unbranched alkanes of at least 4 members (excludes halogenated alkanes) is 1. The van der Waals surface area contributed by atoms with Gasteiger partial charge in [-0.3, -0.25) is 4.79 Å². The van der Waals surface area contributed by atoms with Crippen LogP contribution in [0.5, 0.6) is 11.5 Å². The number of aliphatic carboxylic acids is 1. The quantitative estimate of drug-likeness (QED) is 0.521. The van der Waals surface area contributed by atoms with Crippen LogP contribution in [0, 0.1) is 0 Å². The molecule has 2 aromatic rings. The fourth-order valence-corrected chi connectivity index (χ4v) is 5.67. The van der Waals surface area contributed by atoms with E-state index in [0.717, 1.165) is 11.1 Å². The first-order chi connectivity index (χ1) is 16.2. The molecule has 0 bridgehead atoms. The molecule has 10 heteroatoms. The SMILES string of the molecule is CCCC[C@H](C(=O)O)N(C(=O)[C@@H]1Cc2ccccc2CN1)S(=O)(=O)c1ccc(OC)c(OC)c1. The van der Waals surface area contributed by atoms with Crippen LogP contribution >= 0.6 is 0 Å². The van der Waals surface area contributed by atoms with Crippen LogP contribution in [0.3, 0.4) is 0 Å². The number of hydrogen-bond acceptors (Lipinski definition) is 7. The molecule has 9 nitrogen and oxygen atoms in total. The lowest BCUT2D eigenvalue weighted by Crippen LogP contribution is -2.56. The Hall–Kier alpha value is -3.11. The third-order valence-electron chi connectivity index (χ3n) is 5.91. The van der Waals surface area contributed by atoms with Gasteiger partial charge in [0.25, 0.3) is 15.9 Å². The van der Waals surface area contributed by atoms with Gasteiger partial charge in [0.15, 0.2) is 11.5 Å². The third-order valence-corrected chi connectivity index (χ3v) is 7.71. The van der Waals surface area contributed by atoms with Gasteiger partial charge in [-0.25, -0.2) is 17.5 Å². The van der Waals surface area contributed by atoms with Crippen LogP contribution in [0.15, 0.2) is 47.4 Å². The summed E-state index contributed by atoms with van der Waals surface area (Å²) in [5.41, 5.74) is 1.94. The second kappa shape index (κ2) is 10.9. The molecule has 34 heavy (non-hydrogen) atoms. The van der Waals surface area contributed by atoms with E-state index in [2.05, 4.69) is 5.32 Å². The zero-order chi connectivity index (χ0) is 24.9. The average molecular weight is 491 g/mol. The van der Waals surface area contributed by atoms with Crippen LogP contribution in [0.25, 0.3) is 0 Å². The van der Waals surface area contributed by atoms with E-state index in [4.69, 9.17) is 9.47 Å². The molecule has 1 heterocycles. The van der Waals surface area contributed by atoms with Crippen molar-refractivity contribution in [2.75, 3.05) is 14.2 Å². The highest BCUT2D eigenvalue weighted by molar-refractivity contribution is 7.89. The number of carboxylic acids is 1. The number of hydrogen-bond donors (Lipinski definition) is 2. The first kappa shape index (κ1) is 25.5. The molecule has 2 aromatic carbocycles. The van der Waals surface area contributed by atoms with E-state index in [9.17, 15) is 23.1 Å². The lowest BCUT2D eigenvalue weighted by molar-refractivity contribution is -0.147. The number of ether oxygens (including phenoxy) is 2. The summed E-state index contributed by atoms with van der Waals surface area (Å²) in [7, 11) is -1.75. The van der Waals surface area contributed by atoms with Gasteiger partial charge in [-0.1, -0.05) is 44.0 Å². The predicted octanol–water partition coefficient (Wildman–Crippen LogP) is 2.58. The molecule has 0 spiro atoms. The Morgan fingerprint density at radius 3 is 2.41 bits per heavy atom. The van der Waals surface area contributed by atoms with Crippen molar-refractivity contribution in [1.82, 2.24) is 9.62 Å². The number of nitrogens with one attached hydrogen (secondary N) is 1. The Morgan fingerprint density at radius 2 is 1.79 bits per heavy atom. The maximum absolute atomic E-state index is 13.8. The Bertz CT molecular complexity index is 1150. The van der Waals surface area contributed by atoms with Crippen molar-refractivity contribution in [1.29, 1.82) is 0 Å². The van der Waals surface area contributed by atoms with Crippen LogP contribution in [0.1, 0.15) is 37.3 Å². The molecule has 0 radical (unpaired) electrons. The van der Waals surface area contributed by atoms with Gasteiger partial charge in [0.05, 0.1) is 25.2 Å². The van der Waals surface area contributed by atoms with E-state index in [1.54, 1.807) is 0 Å². The topological polar surface area (TPSA) is 122 Å². The number of nitrogens with zero attached hydrogens (tertiary/aromatic N) is 1. The maximum atomic E-state index is 13.8. The molecular weight excluding hydrogens is 460 g/mol. The largest absolute Gasteiger partial charge is 0.493 e. The number of carbonyl (C=O) groups is 2. The third kappa shape index (κ3) is 5.18. The molecule has 1 aliphatic rings. The van der Waals surface area contributed by atoms with Gasteiger partial charge in [0.1, 0.15) is 6.04 Å². The number of carboxylic acid groups (broad SMARTS) is 1. The highest BCUT2D eigenvalue weighted by Gasteiger charge is 2.43. The summed E-state index contributed by atoms with van der Waals surface area (Å²) in [5, 5.41) is 13.0. The zero-order valence-corrected chi connectivity index (χ0v) is 20.3. The monoisotopic (exact) mass is 490 g/mol. The van der Waals surface area contributed by atoms with Crippen molar-refractivity contribution in [2.45, 2.75) is 56.1 Å². The number of benzene rings is 2. The lowest BCUT2D eigenvalue weighted by atomic mass is 9.95. The molecule has 0 saturated carbocycles. The summed E-state index contributed by atoms with van der Waals surface area (Å²) in [4.78, 5) is 25.6. The number of fused-ring (bicyclic) bond motifs is 1. The Labute approximate surface area is 199 Å². The standard InChI is InChI=1S/C24H30N2O7S/c1-4-5-10-20(24(28)29)26(23(27)19-13-16-8-6-7-9-17(16)15-25-19)34(30,31)18-11-12-21(32-2)22(14-18)33-3/h6-9,11-12,14,19-20,25H,4-5,10,13,15H2,1-3H3,(H,28,29)/t19-,20+/m0/s1. The molecule has 0 saturated heterocycles. The van der Waals surface area contributed by atoms with E-state index in [-0.39, 0.29) is 23.5 Å². The van der Waals surface area contributed by atoms with Crippen molar-refractivity contribution in [3.05, 3.63) is 53.6 Å². The molecule has 2 atom stereocenters. The van der Waals surface area contributed by atoms with Gasteiger partial charge in [-0.2, -0.15) is 0 Å². The minimum absolute atomic E-state index is 0.00734. The Balaban J connectivity index is 2.06. The number of sulfonamides is 1. The zero-order valence-electron chi connectivity index (χ0n) is 19.5. The maximum Gasteiger partial charge on any atom is 0.327 e. The van der Waals surface area contributed by atoms with E-state index in [1.807, 2.05) is 31.2 Å². The molecule has 1 amide bonds. The summed E-state index contributed by atoms with van der Waals surface area (Å²) in [6.07, 6.45) is 1.36. The smallest absolute Gasteiger partial charge is 0.327 e. The molecule has 0 fully saturated rings. The molecule has 0 aromatic heterocycles. The number of rotatable bonds is 10. The van der Waals surface area contributed by atoms with Crippen molar-refractivity contribution < 1.29 is 32.6 Å². The van der Waals surface area contributed by atoms with Crippen LogP contribution < -0.4 is 14.8 Å². The lowest BCUT2D eigenvalue weighted by Gasteiger charge is -2.33. The van der Waals surface area contributed by atoms with Crippen molar-refractivity contribution in [3.8, 4) is 11.5 Å². The van der Waals surface area contributed by atoms with Crippen LogP contribution in [0.4, 0.5) is 0 Å². The molecular formula is C24H30N2O7S. The highest BCUT2D eigenvalue weighted by atomic mass is 32.2. The van der Waals surface area contributed by atoms with Gasteiger partial charge in [-0.05, 0) is 36.1 Å². The predicted molar refractivity (Wildman–Crippen MR) is 125 cm³/mol. The summed E-state index contributed by atoms with van der Waals surface area (Å²) in [6, 6.07) is 9.06. The minimum atomic E-state index is -4.53. The summed E-state index contributed by atoms with van der Waals surface area (Å²) < 4.78 is 38.4. The van der Waals surface area contributed by atoms with E-state index in [0.29, 0.717) is 29.4 Å². The molecule has 3 rings (SSSR count). The second-order valence-electron chi connectivity index (χ2n) is 8.06. The van der Waals surface area contributed by atoms with Crippen molar-refractivity contribution in [2.24, 2.45) is 0 Å². The van der Waals surface area contributed by atoms with Gasteiger partial charge in [0.2, 0.25) is 0 Å². The van der Waals surface area contributed by atoms with Gasteiger partial charge in [-0.15, -0.1) is 0 Å². The normalized spacial score (nSPS) is 16.3. The number of methoxy groups -OCH3 is 2. The summed E-state index contributed by atoms with van der Waals surface area (Å²) in [6.45, 7) is 2.25. The van der Waals surface area contributed by atoms with Crippen LogP contribution in [-0.4, -0.2) is 56.0 Å². The first-order valence-corrected chi connectivity index (χ1v) is 12.5. The Morgan fingerprint density at radius 1 is 1.12 bits per heavy atom. The van der Waals surface area contributed by atoms with E-state index in [1.165, 1.54) is 32.4 Å². The van der Waals surface area contributed by atoms with Gasteiger partial charge >= 0.3 is 5.97 Å². The molecule has 2 N–H and O–H groups in total. The highest BCUT2D eigenvalue weighted by Crippen LogP contribution is 2.32. The average Bonchev–Trinajstić information content (AvgIpc) is 2.84. The van der Waals surface area contributed by atoms with Gasteiger partial charge < -0.3 is 19.9 Å². The molecule has 184 valence electrons. The molecule has 0 unspecified atom stereocenters. The number of amides is 1. The van der Waals surface area contributed by atoms with Crippen molar-refractivity contribution in [3.63, 3.8) is 0 Å².